The first-order valence-corrected chi connectivity index (χ1v) is 8.28. The van der Waals surface area contributed by atoms with E-state index in [1.165, 1.54) is 0 Å². The van der Waals surface area contributed by atoms with Crippen molar-refractivity contribution in [1.29, 1.82) is 0 Å². The first-order chi connectivity index (χ1) is 11.3. The number of rotatable bonds is 4. The molecule has 1 fully saturated rings. The zero-order valence-corrected chi connectivity index (χ0v) is 14.7. The molecular weight excluding hydrogens is 306 g/mol. The molecule has 1 aliphatic heterocycles. The summed E-state index contributed by atoms with van der Waals surface area (Å²) in [4.78, 5) is 32.4. The molecular formula is C17H27N5O2. The highest BCUT2D eigenvalue weighted by Crippen LogP contribution is 2.06. The van der Waals surface area contributed by atoms with E-state index in [0.717, 1.165) is 38.4 Å². The number of hydrogen-bond acceptors (Lipinski definition) is 5. The van der Waals surface area contributed by atoms with E-state index in [2.05, 4.69) is 25.4 Å². The van der Waals surface area contributed by atoms with Crippen molar-refractivity contribution in [3.63, 3.8) is 0 Å². The normalized spacial score (nSPS) is 16.6. The number of amides is 3. The van der Waals surface area contributed by atoms with Gasteiger partial charge in [-0.25, -0.2) is 4.79 Å². The minimum Gasteiger partial charge on any atom is -0.333 e. The summed E-state index contributed by atoms with van der Waals surface area (Å²) in [6.07, 6.45) is 1.80. The van der Waals surface area contributed by atoms with Crippen molar-refractivity contribution >= 4 is 11.9 Å². The molecule has 1 saturated heterocycles. The molecule has 0 aliphatic carbocycles. The van der Waals surface area contributed by atoms with Gasteiger partial charge < -0.3 is 5.32 Å². The summed E-state index contributed by atoms with van der Waals surface area (Å²) in [6.45, 7) is 10.1. The van der Waals surface area contributed by atoms with Gasteiger partial charge in [0.1, 0.15) is 0 Å². The molecule has 0 saturated carbocycles. The highest BCUT2D eigenvalue weighted by Gasteiger charge is 2.21. The van der Waals surface area contributed by atoms with Gasteiger partial charge in [0, 0.05) is 44.5 Å². The van der Waals surface area contributed by atoms with Crippen LogP contribution in [0.3, 0.4) is 0 Å². The molecule has 132 valence electrons. The maximum Gasteiger partial charge on any atom is 0.321 e. The third kappa shape index (κ3) is 6.64. The zero-order chi connectivity index (χ0) is 17.6. The zero-order valence-electron chi connectivity index (χ0n) is 14.7. The smallest absolute Gasteiger partial charge is 0.321 e. The number of carbonyl (C=O) groups is 2. The molecule has 24 heavy (non-hydrogen) atoms. The lowest BCUT2D eigenvalue weighted by atomic mass is 10.1. The van der Waals surface area contributed by atoms with Crippen molar-refractivity contribution in [1.82, 2.24) is 25.4 Å². The lowest BCUT2D eigenvalue weighted by molar-refractivity contribution is -0.121. The van der Waals surface area contributed by atoms with Crippen molar-refractivity contribution < 1.29 is 9.59 Å². The molecule has 1 aromatic heterocycles. The van der Waals surface area contributed by atoms with Gasteiger partial charge in [-0.2, -0.15) is 0 Å². The van der Waals surface area contributed by atoms with E-state index in [-0.39, 0.29) is 18.0 Å². The van der Waals surface area contributed by atoms with Crippen LogP contribution in [0.2, 0.25) is 0 Å². The van der Waals surface area contributed by atoms with Gasteiger partial charge in [0.25, 0.3) is 0 Å². The summed E-state index contributed by atoms with van der Waals surface area (Å²) in [5, 5.41) is 5.10. The highest BCUT2D eigenvalue weighted by molar-refractivity contribution is 5.95. The van der Waals surface area contributed by atoms with Crippen LogP contribution in [0, 0.1) is 0 Å². The van der Waals surface area contributed by atoms with Crippen LogP contribution in [0.4, 0.5) is 4.79 Å². The van der Waals surface area contributed by atoms with E-state index in [0.29, 0.717) is 0 Å². The number of piperazine rings is 1. The Labute approximate surface area is 143 Å². The minimum absolute atomic E-state index is 0.245. The number of aromatic nitrogens is 1. The minimum atomic E-state index is -0.443. The van der Waals surface area contributed by atoms with Gasteiger partial charge in [0.05, 0.1) is 12.2 Å². The quantitative estimate of drug-likeness (QED) is 0.853. The summed E-state index contributed by atoms with van der Waals surface area (Å²) in [5.74, 6) is -0.269. The molecule has 1 aliphatic rings. The third-order valence-corrected chi connectivity index (χ3v) is 3.69. The number of nitrogens with zero attached hydrogens (tertiary/aromatic N) is 3. The van der Waals surface area contributed by atoms with Gasteiger partial charge in [0.15, 0.2) is 0 Å². The number of urea groups is 1. The Kier molecular flexibility index (Phi) is 6.28. The first-order valence-electron chi connectivity index (χ1n) is 8.28. The fourth-order valence-electron chi connectivity index (χ4n) is 2.57. The molecule has 0 aromatic carbocycles. The van der Waals surface area contributed by atoms with Crippen LogP contribution in [-0.4, -0.2) is 65.0 Å². The molecule has 2 rings (SSSR count). The van der Waals surface area contributed by atoms with E-state index < -0.39 is 6.03 Å². The largest absolute Gasteiger partial charge is 0.333 e. The van der Waals surface area contributed by atoms with Crippen LogP contribution >= 0.6 is 0 Å². The van der Waals surface area contributed by atoms with Crippen molar-refractivity contribution in [3.8, 4) is 0 Å². The second-order valence-corrected chi connectivity index (χ2v) is 7.13. The maximum absolute atomic E-state index is 11.9. The van der Waals surface area contributed by atoms with Crippen molar-refractivity contribution in [2.45, 2.75) is 32.9 Å². The summed E-state index contributed by atoms with van der Waals surface area (Å²) in [5.41, 5.74) is 0.698. The van der Waals surface area contributed by atoms with Crippen LogP contribution < -0.4 is 10.6 Å². The SMILES string of the molecule is CC(C)(C)NC(=O)NC(=O)CN1CCN(Cc2ccccn2)CC1. The van der Waals surface area contributed by atoms with Gasteiger partial charge >= 0.3 is 6.03 Å². The van der Waals surface area contributed by atoms with E-state index >= 15 is 0 Å². The average Bonchev–Trinajstić information content (AvgIpc) is 2.48. The van der Waals surface area contributed by atoms with E-state index in [1.54, 1.807) is 6.20 Å². The summed E-state index contributed by atoms with van der Waals surface area (Å²) < 4.78 is 0. The van der Waals surface area contributed by atoms with Gasteiger partial charge in [-0.15, -0.1) is 0 Å². The second kappa shape index (κ2) is 8.21. The predicted octanol–water partition coefficient (Wildman–Crippen LogP) is 0.824. The monoisotopic (exact) mass is 333 g/mol. The van der Waals surface area contributed by atoms with E-state index in [4.69, 9.17) is 0 Å². The van der Waals surface area contributed by atoms with Crippen molar-refractivity contribution in [3.05, 3.63) is 30.1 Å². The Morgan fingerprint density at radius 1 is 1.12 bits per heavy atom. The van der Waals surface area contributed by atoms with Gasteiger partial charge in [0.2, 0.25) is 5.91 Å². The van der Waals surface area contributed by atoms with Crippen molar-refractivity contribution in [2.24, 2.45) is 0 Å². The number of imide groups is 1. The number of nitrogens with one attached hydrogen (secondary N) is 2. The Morgan fingerprint density at radius 3 is 2.38 bits per heavy atom. The number of pyridine rings is 1. The molecule has 0 spiro atoms. The topological polar surface area (TPSA) is 77.6 Å². The second-order valence-electron chi connectivity index (χ2n) is 7.13. The summed E-state index contributed by atoms with van der Waals surface area (Å²) >= 11 is 0. The molecule has 0 atom stereocenters. The Morgan fingerprint density at radius 2 is 1.79 bits per heavy atom. The molecule has 3 amide bonds. The van der Waals surface area contributed by atoms with E-state index in [1.807, 2.05) is 39.0 Å². The maximum atomic E-state index is 11.9. The van der Waals surface area contributed by atoms with Crippen LogP contribution in [0.15, 0.2) is 24.4 Å². The van der Waals surface area contributed by atoms with Crippen LogP contribution in [0.5, 0.6) is 0 Å². The lowest BCUT2D eigenvalue weighted by Gasteiger charge is -2.34. The lowest BCUT2D eigenvalue weighted by Crippen LogP contribution is -2.52. The van der Waals surface area contributed by atoms with Gasteiger partial charge in [-0.05, 0) is 32.9 Å². The Bertz CT molecular complexity index is 548. The third-order valence-electron chi connectivity index (χ3n) is 3.69. The van der Waals surface area contributed by atoms with Crippen LogP contribution in [0.1, 0.15) is 26.5 Å². The fourth-order valence-corrected chi connectivity index (χ4v) is 2.57. The summed E-state index contributed by atoms with van der Waals surface area (Å²) in [6, 6.07) is 5.48. The summed E-state index contributed by atoms with van der Waals surface area (Å²) in [7, 11) is 0. The molecule has 2 heterocycles. The Hall–Kier alpha value is -1.99. The van der Waals surface area contributed by atoms with Crippen LogP contribution in [-0.2, 0) is 11.3 Å². The Balaban J connectivity index is 1.69. The first kappa shape index (κ1) is 18.4. The van der Waals surface area contributed by atoms with Crippen LogP contribution in [0.25, 0.3) is 0 Å². The van der Waals surface area contributed by atoms with E-state index in [9.17, 15) is 9.59 Å². The molecule has 7 heteroatoms. The average molecular weight is 333 g/mol. The molecule has 0 bridgehead atoms. The molecule has 0 unspecified atom stereocenters. The fraction of sp³-hybridized carbons (Fsp3) is 0.588. The van der Waals surface area contributed by atoms with Gasteiger partial charge in [-0.3, -0.25) is 24.9 Å². The standard InChI is InChI=1S/C17H27N5O2/c1-17(2,3)20-16(24)19-15(23)13-22-10-8-21(9-11-22)12-14-6-4-5-7-18-14/h4-7H,8-13H2,1-3H3,(H2,19,20,23,24). The highest BCUT2D eigenvalue weighted by atomic mass is 16.2. The molecule has 7 nitrogen and oxygen atoms in total. The predicted molar refractivity (Wildman–Crippen MR) is 92.4 cm³/mol. The molecule has 2 N–H and O–H groups in total. The molecule has 1 aromatic rings. The molecule has 0 radical (unpaired) electrons. The number of hydrogen-bond donors (Lipinski definition) is 2. The van der Waals surface area contributed by atoms with Crippen molar-refractivity contribution in [2.75, 3.05) is 32.7 Å². The number of carbonyl (C=O) groups excluding carboxylic acids is 2. The van der Waals surface area contributed by atoms with Gasteiger partial charge in [-0.1, -0.05) is 6.07 Å².